The Morgan fingerprint density at radius 3 is 2.32 bits per heavy atom. The number of likely N-dealkylation sites (tertiary alicyclic amines) is 1. The number of hydrogen-bond acceptors (Lipinski definition) is 7. The minimum Gasteiger partial charge on any atom is -0.496 e. The molecule has 8 nitrogen and oxygen atoms in total. The van der Waals surface area contributed by atoms with Crippen molar-refractivity contribution in [2.45, 2.75) is 25.8 Å². The maximum Gasteiger partial charge on any atom is 0.409 e. The Hall–Kier alpha value is -3.03. The first-order chi connectivity index (χ1) is 13.5. The van der Waals surface area contributed by atoms with Crippen LogP contribution >= 0.6 is 0 Å². The molecule has 0 bridgehead atoms. The molecule has 1 aliphatic heterocycles. The number of carbonyl (C=O) groups excluding carboxylic acids is 3. The number of carbonyl (C=O) groups is 3. The van der Waals surface area contributed by atoms with Crippen molar-refractivity contribution in [1.82, 2.24) is 4.90 Å². The highest BCUT2D eigenvalue weighted by Gasteiger charge is 2.31. The van der Waals surface area contributed by atoms with E-state index in [-0.39, 0.29) is 34.8 Å². The number of methoxy groups -OCH3 is 2. The van der Waals surface area contributed by atoms with Crippen LogP contribution in [-0.4, -0.2) is 62.5 Å². The Labute approximate surface area is 163 Å². The number of ether oxygens (including phenoxy) is 3. The largest absolute Gasteiger partial charge is 0.496 e. The molecular weight excluding hydrogens is 364 g/mol. The van der Waals surface area contributed by atoms with Crippen LogP contribution in [0.3, 0.4) is 0 Å². The molecule has 0 spiro atoms. The average molecular weight is 388 g/mol. The molecule has 8 heteroatoms. The van der Waals surface area contributed by atoms with E-state index in [1.807, 2.05) is 0 Å². The molecule has 0 saturated carbocycles. The fourth-order valence-electron chi connectivity index (χ4n) is 3.56. The second-order valence-electron chi connectivity index (χ2n) is 6.58. The molecule has 0 radical (unpaired) electrons. The van der Waals surface area contributed by atoms with E-state index in [9.17, 15) is 14.4 Å². The third-order valence-electron chi connectivity index (χ3n) is 4.93. The fourth-order valence-corrected chi connectivity index (χ4v) is 3.56. The predicted octanol–water partition coefficient (Wildman–Crippen LogP) is 2.67. The molecule has 1 heterocycles. The summed E-state index contributed by atoms with van der Waals surface area (Å²) in [6.07, 6.45) is 3.62. The van der Waals surface area contributed by atoms with Crippen LogP contribution in [0, 0.1) is 0 Å². The lowest BCUT2D eigenvalue weighted by Gasteiger charge is -2.32. The maximum absolute atomic E-state index is 12.4. The molecule has 1 saturated heterocycles. The van der Waals surface area contributed by atoms with Crippen molar-refractivity contribution in [3.63, 3.8) is 0 Å². The first-order valence-electron chi connectivity index (χ1n) is 9.24. The van der Waals surface area contributed by atoms with E-state index in [4.69, 9.17) is 14.2 Å². The number of allylic oxidation sites excluding steroid dienone is 2. The zero-order valence-electron chi connectivity index (χ0n) is 16.2. The van der Waals surface area contributed by atoms with Gasteiger partial charge >= 0.3 is 6.09 Å². The minimum atomic E-state index is -0.301. The van der Waals surface area contributed by atoms with Gasteiger partial charge in [-0.3, -0.25) is 9.59 Å². The highest BCUT2D eigenvalue weighted by molar-refractivity contribution is 6.25. The lowest BCUT2D eigenvalue weighted by Crippen LogP contribution is -2.42. The Kier molecular flexibility index (Phi) is 5.87. The van der Waals surface area contributed by atoms with Gasteiger partial charge in [0.1, 0.15) is 5.75 Å². The molecule has 1 fully saturated rings. The average Bonchev–Trinajstić information content (AvgIpc) is 2.70. The highest BCUT2D eigenvalue weighted by atomic mass is 16.6. The van der Waals surface area contributed by atoms with Crippen molar-refractivity contribution in [2.75, 3.05) is 39.2 Å². The van der Waals surface area contributed by atoms with Gasteiger partial charge in [-0.1, -0.05) is 0 Å². The van der Waals surface area contributed by atoms with Crippen molar-refractivity contribution in [1.29, 1.82) is 0 Å². The number of nitrogens with one attached hydrogen (secondary N) is 1. The van der Waals surface area contributed by atoms with Gasteiger partial charge in [-0.05, 0) is 31.9 Å². The summed E-state index contributed by atoms with van der Waals surface area (Å²) in [6.45, 7) is 3.27. The summed E-state index contributed by atoms with van der Waals surface area (Å²) in [5.74, 6) is 0.0563. The van der Waals surface area contributed by atoms with Gasteiger partial charge in [0.05, 0.1) is 37.6 Å². The molecule has 28 heavy (non-hydrogen) atoms. The van der Waals surface area contributed by atoms with Gasteiger partial charge in [-0.2, -0.15) is 0 Å². The van der Waals surface area contributed by atoms with Gasteiger partial charge in [-0.15, -0.1) is 0 Å². The van der Waals surface area contributed by atoms with E-state index >= 15 is 0 Å². The van der Waals surface area contributed by atoms with Crippen molar-refractivity contribution in [2.24, 2.45) is 0 Å². The number of anilines is 1. The van der Waals surface area contributed by atoms with E-state index in [1.165, 1.54) is 26.4 Å². The molecule has 0 atom stereocenters. The second-order valence-corrected chi connectivity index (χ2v) is 6.58. The number of piperidine rings is 1. The lowest BCUT2D eigenvalue weighted by atomic mass is 9.91. The van der Waals surface area contributed by atoms with Gasteiger partial charge < -0.3 is 24.4 Å². The Morgan fingerprint density at radius 2 is 1.75 bits per heavy atom. The van der Waals surface area contributed by atoms with Gasteiger partial charge in [-0.25, -0.2) is 4.79 Å². The number of benzene rings is 1. The van der Waals surface area contributed by atoms with Crippen LogP contribution in [0.4, 0.5) is 10.5 Å². The second kappa shape index (κ2) is 8.33. The van der Waals surface area contributed by atoms with Crippen LogP contribution in [0.5, 0.6) is 11.5 Å². The van der Waals surface area contributed by atoms with Gasteiger partial charge in [0.2, 0.25) is 0 Å². The maximum atomic E-state index is 12.4. The third kappa shape index (κ3) is 3.67. The first kappa shape index (κ1) is 19.7. The van der Waals surface area contributed by atoms with E-state index < -0.39 is 0 Å². The summed E-state index contributed by atoms with van der Waals surface area (Å²) in [4.78, 5) is 38.3. The molecule has 0 aromatic heterocycles. The van der Waals surface area contributed by atoms with Crippen LogP contribution in [0.25, 0.3) is 0 Å². The highest BCUT2D eigenvalue weighted by Crippen LogP contribution is 2.41. The van der Waals surface area contributed by atoms with Crippen LogP contribution < -0.4 is 14.8 Å². The predicted molar refractivity (Wildman–Crippen MR) is 103 cm³/mol. The van der Waals surface area contributed by atoms with Crippen molar-refractivity contribution in [3.05, 3.63) is 29.3 Å². The SMILES string of the molecule is CCOC(=O)N1CCC(Nc2cc(OC)c3c(c2OC)C(=O)C=CC3=O)CC1. The fraction of sp³-hybridized carbons (Fsp3) is 0.450. The van der Waals surface area contributed by atoms with Crippen molar-refractivity contribution >= 4 is 23.3 Å². The molecule has 1 amide bonds. The molecule has 1 N–H and O–H groups in total. The standard InChI is InChI=1S/C20H24N2O6/c1-4-28-20(25)22-9-7-12(8-10-22)21-13-11-16(26-2)17-14(23)5-6-15(24)18(17)19(13)27-3/h5-6,11-12,21H,4,7-10H2,1-3H3. The van der Waals surface area contributed by atoms with Gasteiger partial charge in [0.15, 0.2) is 17.3 Å². The number of amides is 1. The summed E-state index contributed by atoms with van der Waals surface area (Å²) in [5, 5.41) is 3.38. The van der Waals surface area contributed by atoms with E-state index in [2.05, 4.69) is 5.32 Å². The summed E-state index contributed by atoms with van der Waals surface area (Å²) in [6, 6.07) is 1.76. The summed E-state index contributed by atoms with van der Waals surface area (Å²) >= 11 is 0. The van der Waals surface area contributed by atoms with E-state index in [0.717, 1.165) is 0 Å². The molecule has 2 aliphatic rings. The van der Waals surface area contributed by atoms with Crippen molar-refractivity contribution < 1.29 is 28.6 Å². The normalized spacial score (nSPS) is 16.6. The Morgan fingerprint density at radius 1 is 1.11 bits per heavy atom. The monoisotopic (exact) mass is 388 g/mol. The number of ketones is 2. The number of fused-ring (bicyclic) bond motifs is 1. The van der Waals surface area contributed by atoms with E-state index in [1.54, 1.807) is 17.9 Å². The summed E-state index contributed by atoms with van der Waals surface area (Å²) in [5.41, 5.74) is 1.01. The molecule has 3 rings (SSSR count). The molecule has 1 aromatic carbocycles. The van der Waals surface area contributed by atoms with E-state index in [0.29, 0.717) is 49.7 Å². The first-order valence-corrected chi connectivity index (χ1v) is 9.24. The number of nitrogens with zero attached hydrogens (tertiary/aromatic N) is 1. The Bertz CT molecular complexity index is 824. The van der Waals surface area contributed by atoms with Crippen LogP contribution in [-0.2, 0) is 4.74 Å². The molecule has 1 aliphatic carbocycles. The van der Waals surface area contributed by atoms with Crippen LogP contribution in [0.15, 0.2) is 18.2 Å². The minimum absolute atomic E-state index is 0.0762. The molecule has 0 unspecified atom stereocenters. The summed E-state index contributed by atoms with van der Waals surface area (Å²) in [7, 11) is 2.92. The smallest absolute Gasteiger partial charge is 0.409 e. The zero-order valence-corrected chi connectivity index (χ0v) is 16.2. The number of hydrogen-bond donors (Lipinski definition) is 1. The zero-order chi connectivity index (χ0) is 20.3. The van der Waals surface area contributed by atoms with Crippen LogP contribution in [0.2, 0.25) is 0 Å². The van der Waals surface area contributed by atoms with Crippen LogP contribution in [0.1, 0.15) is 40.5 Å². The Balaban J connectivity index is 1.84. The molecule has 1 aromatic rings. The lowest BCUT2D eigenvalue weighted by molar-refractivity contribution is 0.0981. The number of rotatable bonds is 5. The molecule has 150 valence electrons. The third-order valence-corrected chi connectivity index (χ3v) is 4.93. The quantitative estimate of drug-likeness (QED) is 0.829. The molecular formula is C20H24N2O6. The van der Waals surface area contributed by atoms with Gasteiger partial charge in [0, 0.05) is 25.2 Å². The summed E-state index contributed by atoms with van der Waals surface area (Å²) < 4.78 is 15.9. The van der Waals surface area contributed by atoms with Crippen molar-refractivity contribution in [3.8, 4) is 11.5 Å². The van der Waals surface area contributed by atoms with Gasteiger partial charge in [0.25, 0.3) is 0 Å². The topological polar surface area (TPSA) is 94.2 Å².